The molecule has 8 heavy (non-hydrogen) atoms. The maximum atomic E-state index is 8.63. The molecule has 0 saturated carbocycles. The molecule has 0 saturated heterocycles. The van der Waals surface area contributed by atoms with Crippen molar-refractivity contribution in [2.45, 2.75) is 0 Å². The minimum absolute atomic E-state index is 0. The zero-order chi connectivity index (χ0) is 5.11. The number of phenols is 1. The van der Waals surface area contributed by atoms with Gasteiger partial charge in [0.2, 0.25) is 0 Å². The topological polar surface area (TPSA) is 20.2 Å². The quantitative estimate of drug-likeness (QED) is 0.620. The average Bonchev–Trinajstić information content (AvgIpc) is 1.69. The summed E-state index contributed by atoms with van der Waals surface area (Å²) < 4.78 is 0. The van der Waals surface area contributed by atoms with Gasteiger partial charge in [-0.3, -0.25) is 0 Å². The Hall–Kier alpha value is -0.357. The molecule has 1 aromatic carbocycles. The number of benzene rings is 1. The van der Waals surface area contributed by atoms with Crippen molar-refractivity contribution in [3.05, 3.63) is 30.3 Å². The van der Waals surface area contributed by atoms with E-state index in [9.17, 15) is 0 Å². The van der Waals surface area contributed by atoms with Crippen molar-refractivity contribution in [2.75, 3.05) is 0 Å². The molecule has 1 nitrogen and oxygen atoms in total. The van der Waals surface area contributed by atoms with Gasteiger partial charge in [0, 0.05) is 19.5 Å². The SMILES string of the molecule is Oc1ccccc1.[Ru]. The van der Waals surface area contributed by atoms with E-state index < -0.39 is 0 Å². The molecule has 0 amide bonds. The molecule has 1 rings (SSSR count). The van der Waals surface area contributed by atoms with E-state index in [1.165, 1.54) is 0 Å². The smallest absolute Gasteiger partial charge is 0.115 e. The van der Waals surface area contributed by atoms with Crippen molar-refractivity contribution < 1.29 is 24.6 Å². The molecule has 0 heterocycles. The van der Waals surface area contributed by atoms with Crippen LogP contribution in [0.4, 0.5) is 0 Å². The number of hydrogen-bond donors (Lipinski definition) is 1. The van der Waals surface area contributed by atoms with Crippen LogP contribution in [-0.4, -0.2) is 5.11 Å². The molecule has 0 atom stereocenters. The standard InChI is InChI=1S/C6H6O.Ru/c7-6-4-2-1-3-5-6;/h1-5,7H;. The van der Waals surface area contributed by atoms with Gasteiger partial charge in [0.25, 0.3) is 0 Å². The summed E-state index contributed by atoms with van der Waals surface area (Å²) >= 11 is 0. The van der Waals surface area contributed by atoms with Gasteiger partial charge in [-0.05, 0) is 12.1 Å². The van der Waals surface area contributed by atoms with Gasteiger partial charge in [-0.1, -0.05) is 18.2 Å². The maximum absolute atomic E-state index is 8.63. The van der Waals surface area contributed by atoms with Crippen LogP contribution in [-0.2, 0) is 19.5 Å². The number of phenolic OH excluding ortho intramolecular Hbond substituents is 1. The van der Waals surface area contributed by atoms with Gasteiger partial charge < -0.3 is 5.11 Å². The zero-order valence-electron chi connectivity index (χ0n) is 4.19. The van der Waals surface area contributed by atoms with Gasteiger partial charge in [-0.15, -0.1) is 0 Å². The van der Waals surface area contributed by atoms with Crippen LogP contribution in [0.15, 0.2) is 30.3 Å². The first kappa shape index (κ1) is 7.64. The van der Waals surface area contributed by atoms with Crippen LogP contribution in [0.2, 0.25) is 0 Å². The van der Waals surface area contributed by atoms with Crippen molar-refractivity contribution in [3.8, 4) is 5.75 Å². The van der Waals surface area contributed by atoms with Crippen LogP contribution in [0.5, 0.6) is 5.75 Å². The van der Waals surface area contributed by atoms with E-state index >= 15 is 0 Å². The molecule has 1 aromatic rings. The fourth-order valence-electron chi connectivity index (χ4n) is 0.428. The first-order valence-corrected chi connectivity index (χ1v) is 2.13. The number of hydrogen-bond acceptors (Lipinski definition) is 1. The van der Waals surface area contributed by atoms with Gasteiger partial charge in [0.1, 0.15) is 5.75 Å². The molecule has 0 unspecified atom stereocenters. The Balaban J connectivity index is 0.000000490. The molecule has 0 radical (unpaired) electrons. The van der Waals surface area contributed by atoms with Crippen molar-refractivity contribution in [1.82, 2.24) is 0 Å². The minimum Gasteiger partial charge on any atom is -0.508 e. The third-order valence-corrected chi connectivity index (χ3v) is 0.756. The predicted octanol–water partition coefficient (Wildman–Crippen LogP) is 1.39. The van der Waals surface area contributed by atoms with E-state index in [0.717, 1.165) is 0 Å². The fraction of sp³-hybridized carbons (Fsp3) is 0. The Bertz CT molecular complexity index is 138. The molecule has 0 spiro atoms. The van der Waals surface area contributed by atoms with E-state index in [4.69, 9.17) is 5.11 Å². The Labute approximate surface area is 61.1 Å². The molecule has 0 bridgehead atoms. The summed E-state index contributed by atoms with van der Waals surface area (Å²) in [4.78, 5) is 0. The van der Waals surface area contributed by atoms with Crippen LogP contribution in [0.25, 0.3) is 0 Å². The summed E-state index contributed by atoms with van der Waals surface area (Å²) in [6.45, 7) is 0. The van der Waals surface area contributed by atoms with E-state index in [1.807, 2.05) is 6.07 Å². The normalized spacial score (nSPS) is 7.50. The number of rotatable bonds is 0. The predicted molar refractivity (Wildman–Crippen MR) is 28.1 cm³/mol. The summed E-state index contributed by atoms with van der Waals surface area (Å²) in [5.41, 5.74) is 0. The molecule has 0 aliphatic rings. The molecule has 44 valence electrons. The van der Waals surface area contributed by atoms with Crippen LogP contribution in [0, 0.1) is 0 Å². The summed E-state index contributed by atoms with van der Waals surface area (Å²) in [5.74, 6) is 0.322. The van der Waals surface area contributed by atoms with Crippen molar-refractivity contribution >= 4 is 0 Å². The second kappa shape index (κ2) is 3.62. The summed E-state index contributed by atoms with van der Waals surface area (Å²) in [5, 5.41) is 8.63. The molecular weight excluding hydrogens is 189 g/mol. The Morgan fingerprint density at radius 2 is 1.50 bits per heavy atom. The van der Waals surface area contributed by atoms with Crippen LogP contribution < -0.4 is 0 Å². The molecule has 0 aromatic heterocycles. The minimum atomic E-state index is 0. The van der Waals surface area contributed by atoms with Gasteiger partial charge in [0.05, 0.1) is 0 Å². The van der Waals surface area contributed by atoms with Gasteiger partial charge in [-0.2, -0.15) is 0 Å². The van der Waals surface area contributed by atoms with Gasteiger partial charge in [0.15, 0.2) is 0 Å². The van der Waals surface area contributed by atoms with Crippen LogP contribution >= 0.6 is 0 Å². The molecule has 0 fully saturated rings. The Morgan fingerprint density at radius 1 is 1.00 bits per heavy atom. The van der Waals surface area contributed by atoms with Crippen molar-refractivity contribution in [3.63, 3.8) is 0 Å². The van der Waals surface area contributed by atoms with E-state index in [0.29, 0.717) is 5.75 Å². The largest absolute Gasteiger partial charge is 0.508 e. The summed E-state index contributed by atoms with van der Waals surface area (Å²) in [6.07, 6.45) is 0. The van der Waals surface area contributed by atoms with Gasteiger partial charge >= 0.3 is 0 Å². The molecule has 2 heteroatoms. The van der Waals surface area contributed by atoms with Crippen molar-refractivity contribution in [2.24, 2.45) is 0 Å². The average molecular weight is 195 g/mol. The Morgan fingerprint density at radius 3 is 1.75 bits per heavy atom. The summed E-state index contributed by atoms with van der Waals surface area (Å²) in [7, 11) is 0. The van der Waals surface area contributed by atoms with E-state index in [2.05, 4.69) is 0 Å². The van der Waals surface area contributed by atoms with Crippen molar-refractivity contribution in [1.29, 1.82) is 0 Å². The second-order valence-corrected chi connectivity index (χ2v) is 1.34. The monoisotopic (exact) mass is 196 g/mol. The fourth-order valence-corrected chi connectivity index (χ4v) is 0.428. The van der Waals surface area contributed by atoms with Crippen LogP contribution in [0.3, 0.4) is 0 Å². The third kappa shape index (κ3) is 2.08. The zero-order valence-corrected chi connectivity index (χ0v) is 5.93. The second-order valence-electron chi connectivity index (χ2n) is 1.34. The van der Waals surface area contributed by atoms with E-state index in [1.54, 1.807) is 24.3 Å². The number of para-hydroxylation sites is 1. The van der Waals surface area contributed by atoms with E-state index in [-0.39, 0.29) is 19.5 Å². The molecule has 1 N–H and O–H groups in total. The van der Waals surface area contributed by atoms with Gasteiger partial charge in [-0.25, -0.2) is 0 Å². The summed E-state index contributed by atoms with van der Waals surface area (Å²) in [6, 6.07) is 8.71. The third-order valence-electron chi connectivity index (χ3n) is 0.756. The Kier molecular flexibility index (Phi) is 3.46. The van der Waals surface area contributed by atoms with Crippen LogP contribution in [0.1, 0.15) is 0 Å². The first-order chi connectivity index (χ1) is 3.39. The molecule has 0 aliphatic heterocycles. The molecule has 0 aliphatic carbocycles. The number of aromatic hydroxyl groups is 1. The molecular formula is C6H6ORu. The first-order valence-electron chi connectivity index (χ1n) is 2.13. The maximum Gasteiger partial charge on any atom is 0.115 e.